The topological polar surface area (TPSA) is 63.6 Å². The number of carbonyl (C=O) groups is 1. The maximum atomic E-state index is 11.2. The van der Waals surface area contributed by atoms with E-state index in [-0.39, 0.29) is 0 Å². The minimum absolute atomic E-state index is 0.299. The Morgan fingerprint density at radius 2 is 2.15 bits per heavy atom. The first-order chi connectivity index (χ1) is 6.09. The molecule has 2 atom stereocenters. The van der Waals surface area contributed by atoms with Crippen LogP contribution >= 0.6 is 0 Å². The fourth-order valence-corrected chi connectivity index (χ4v) is 1.54. The van der Waals surface area contributed by atoms with Crippen molar-refractivity contribution in [2.45, 2.75) is 25.5 Å². The molecular weight excluding hydrogens is 192 g/mol. The molecule has 0 spiro atoms. The molecule has 78 valence electrons. The van der Waals surface area contributed by atoms with Gasteiger partial charge in [0.25, 0.3) is 0 Å². The molecule has 2 unspecified atom stereocenters. The molecule has 13 heavy (non-hydrogen) atoms. The lowest BCUT2D eigenvalue weighted by molar-refractivity contribution is -0.136. The summed E-state index contributed by atoms with van der Waals surface area (Å²) in [6.07, 6.45) is 0.918. The van der Waals surface area contributed by atoms with Crippen LogP contribution in [-0.2, 0) is 20.3 Å². The van der Waals surface area contributed by atoms with E-state index in [9.17, 15) is 9.00 Å². The minimum atomic E-state index is -1.32. The number of carboxylic acid groups (broad SMARTS) is 1. The van der Waals surface area contributed by atoms with E-state index in [1.807, 2.05) is 6.92 Å². The van der Waals surface area contributed by atoms with Gasteiger partial charge >= 0.3 is 5.97 Å². The van der Waals surface area contributed by atoms with Gasteiger partial charge in [-0.2, -0.15) is 0 Å². The van der Waals surface area contributed by atoms with Crippen LogP contribution in [0.5, 0.6) is 0 Å². The smallest absolute Gasteiger partial charge is 0.318 e. The van der Waals surface area contributed by atoms with Gasteiger partial charge in [-0.25, -0.2) is 0 Å². The summed E-state index contributed by atoms with van der Waals surface area (Å²) in [5.41, 5.74) is 0. The Hall–Kier alpha value is -0.420. The highest BCUT2D eigenvalue weighted by atomic mass is 32.2. The Morgan fingerprint density at radius 3 is 2.62 bits per heavy atom. The van der Waals surface area contributed by atoms with Gasteiger partial charge < -0.3 is 9.84 Å². The summed E-state index contributed by atoms with van der Waals surface area (Å²) in [4.78, 5) is 10.4. The van der Waals surface area contributed by atoms with E-state index < -0.39 is 22.0 Å². The molecule has 0 radical (unpaired) electrons. The average molecular weight is 208 g/mol. The van der Waals surface area contributed by atoms with Gasteiger partial charge in [0.2, 0.25) is 0 Å². The number of hydrogen-bond donors (Lipinski definition) is 1. The fourth-order valence-electron chi connectivity index (χ4n) is 0.677. The van der Waals surface area contributed by atoms with Crippen LogP contribution in [0.15, 0.2) is 0 Å². The highest BCUT2D eigenvalue weighted by Gasteiger charge is 2.17. The minimum Gasteiger partial charge on any atom is -0.480 e. The van der Waals surface area contributed by atoms with Gasteiger partial charge in [-0.05, 0) is 13.3 Å². The van der Waals surface area contributed by atoms with Crippen LogP contribution in [0.2, 0.25) is 0 Å². The number of aliphatic carboxylic acids is 1. The Balaban J connectivity index is 3.56. The molecule has 0 rings (SSSR count). The highest BCUT2D eigenvalue weighted by molar-refractivity contribution is 7.86. The summed E-state index contributed by atoms with van der Waals surface area (Å²) in [7, 11) is -1.32. The fraction of sp³-hybridized carbons (Fsp3) is 0.875. The first-order valence-electron chi connectivity index (χ1n) is 4.27. The van der Waals surface area contributed by atoms with Crippen molar-refractivity contribution in [3.8, 4) is 0 Å². The van der Waals surface area contributed by atoms with E-state index >= 15 is 0 Å². The third-order valence-electron chi connectivity index (χ3n) is 1.52. The zero-order valence-electron chi connectivity index (χ0n) is 7.99. The average Bonchev–Trinajstić information content (AvgIpc) is 2.10. The normalized spacial score (nSPS) is 15.2. The lowest BCUT2D eigenvalue weighted by Gasteiger charge is -2.06. The predicted octanol–water partition coefficient (Wildman–Crippen LogP) is 0.635. The molecular formula is C8H16O4S. The first-order valence-corrected chi connectivity index (χ1v) is 5.65. The molecule has 0 aromatic heterocycles. The van der Waals surface area contributed by atoms with E-state index in [1.165, 1.54) is 6.92 Å². The van der Waals surface area contributed by atoms with E-state index in [0.717, 1.165) is 6.42 Å². The second-order valence-electron chi connectivity index (χ2n) is 2.68. The lowest BCUT2D eigenvalue weighted by atomic mass is 10.5. The lowest BCUT2D eigenvalue weighted by Crippen LogP contribution is -2.25. The summed E-state index contributed by atoms with van der Waals surface area (Å²) in [5.74, 6) is -0.721. The number of ether oxygens (including phenoxy) is 1. The second kappa shape index (κ2) is 7.03. The quantitative estimate of drug-likeness (QED) is 0.623. The third-order valence-corrected chi connectivity index (χ3v) is 3.08. The molecule has 0 aliphatic carbocycles. The molecule has 0 amide bonds. The number of hydrogen-bond acceptors (Lipinski definition) is 3. The Labute approximate surface area is 80.7 Å². The molecule has 0 saturated carbocycles. The largest absolute Gasteiger partial charge is 0.480 e. The van der Waals surface area contributed by atoms with Crippen LogP contribution in [0.25, 0.3) is 0 Å². The van der Waals surface area contributed by atoms with Crippen molar-refractivity contribution in [3.05, 3.63) is 0 Å². The van der Waals surface area contributed by atoms with Gasteiger partial charge in [-0.15, -0.1) is 0 Å². The van der Waals surface area contributed by atoms with E-state index in [0.29, 0.717) is 19.0 Å². The van der Waals surface area contributed by atoms with Crippen molar-refractivity contribution in [1.82, 2.24) is 0 Å². The van der Waals surface area contributed by atoms with Gasteiger partial charge in [-0.1, -0.05) is 6.92 Å². The van der Waals surface area contributed by atoms with E-state index in [4.69, 9.17) is 9.84 Å². The van der Waals surface area contributed by atoms with Crippen molar-refractivity contribution in [2.75, 3.05) is 19.0 Å². The van der Waals surface area contributed by atoms with Gasteiger partial charge in [0.1, 0.15) is 5.25 Å². The van der Waals surface area contributed by atoms with Crippen LogP contribution in [-0.4, -0.2) is 39.5 Å². The van der Waals surface area contributed by atoms with Gasteiger partial charge in [-0.3, -0.25) is 9.00 Å². The van der Waals surface area contributed by atoms with Crippen LogP contribution in [0.1, 0.15) is 20.3 Å². The standard InChI is InChI=1S/C8H16O4S/c1-3-4-12-5-6-13(11)7(2)8(9)10/h7H,3-6H2,1-2H3,(H,9,10). The van der Waals surface area contributed by atoms with Gasteiger partial charge in [0.15, 0.2) is 0 Å². The zero-order chi connectivity index (χ0) is 10.3. The molecule has 0 bridgehead atoms. The Bertz CT molecular complexity index is 181. The second-order valence-corrected chi connectivity index (χ2v) is 4.55. The van der Waals surface area contributed by atoms with Crippen LogP contribution in [0.3, 0.4) is 0 Å². The zero-order valence-corrected chi connectivity index (χ0v) is 8.80. The molecule has 0 aromatic rings. The Kier molecular flexibility index (Phi) is 6.80. The first kappa shape index (κ1) is 12.6. The summed E-state index contributed by atoms with van der Waals surface area (Å²) >= 11 is 0. The predicted molar refractivity (Wildman–Crippen MR) is 51.2 cm³/mol. The van der Waals surface area contributed by atoms with Crippen LogP contribution in [0, 0.1) is 0 Å². The highest BCUT2D eigenvalue weighted by Crippen LogP contribution is 1.96. The van der Waals surface area contributed by atoms with Crippen molar-refractivity contribution >= 4 is 16.8 Å². The molecule has 1 N–H and O–H groups in total. The van der Waals surface area contributed by atoms with Crippen molar-refractivity contribution in [2.24, 2.45) is 0 Å². The molecule has 5 heteroatoms. The molecule has 0 fully saturated rings. The van der Waals surface area contributed by atoms with E-state index in [2.05, 4.69) is 0 Å². The van der Waals surface area contributed by atoms with Crippen LogP contribution in [0.4, 0.5) is 0 Å². The van der Waals surface area contributed by atoms with Crippen LogP contribution < -0.4 is 0 Å². The number of rotatable bonds is 7. The summed E-state index contributed by atoms with van der Waals surface area (Å²) in [5, 5.41) is 7.72. The SMILES string of the molecule is CCCOCCS(=O)C(C)C(=O)O. The summed E-state index contributed by atoms with van der Waals surface area (Å²) in [6, 6.07) is 0. The monoisotopic (exact) mass is 208 g/mol. The van der Waals surface area contributed by atoms with E-state index in [1.54, 1.807) is 0 Å². The van der Waals surface area contributed by atoms with Crippen molar-refractivity contribution in [1.29, 1.82) is 0 Å². The van der Waals surface area contributed by atoms with Crippen molar-refractivity contribution < 1.29 is 18.8 Å². The third kappa shape index (κ3) is 5.76. The Morgan fingerprint density at radius 1 is 1.54 bits per heavy atom. The number of carboxylic acids is 1. The molecule has 4 nitrogen and oxygen atoms in total. The molecule has 0 aliphatic heterocycles. The maximum absolute atomic E-state index is 11.2. The summed E-state index contributed by atoms with van der Waals surface area (Å²) < 4.78 is 16.3. The van der Waals surface area contributed by atoms with Crippen molar-refractivity contribution in [3.63, 3.8) is 0 Å². The molecule has 0 aliphatic rings. The van der Waals surface area contributed by atoms with Gasteiger partial charge in [0.05, 0.1) is 6.61 Å². The molecule has 0 saturated heterocycles. The van der Waals surface area contributed by atoms with Gasteiger partial charge in [0, 0.05) is 23.2 Å². The maximum Gasteiger partial charge on any atom is 0.318 e. The summed E-state index contributed by atoms with van der Waals surface area (Å²) in [6.45, 7) is 4.44. The molecule has 0 aromatic carbocycles. The molecule has 0 heterocycles.